The lowest BCUT2D eigenvalue weighted by molar-refractivity contribution is 0.0985. The van der Waals surface area contributed by atoms with E-state index in [1.165, 1.54) is 7.11 Å². The summed E-state index contributed by atoms with van der Waals surface area (Å²) in [6.45, 7) is 4.04. The highest BCUT2D eigenvalue weighted by atomic mass is 32.2. The number of anilines is 2. The van der Waals surface area contributed by atoms with Gasteiger partial charge in [-0.2, -0.15) is 9.35 Å². The molecule has 10 heteroatoms. The quantitative estimate of drug-likeness (QED) is 0.786. The van der Waals surface area contributed by atoms with Gasteiger partial charge in [-0.05, 0) is 25.8 Å². The molecule has 1 aliphatic heterocycles. The second-order valence-electron chi connectivity index (χ2n) is 7.50. The largest absolute Gasteiger partial charge is 0.481 e. The van der Waals surface area contributed by atoms with Crippen molar-refractivity contribution in [3.8, 4) is 17.3 Å². The van der Waals surface area contributed by atoms with Crippen LogP contribution in [-0.4, -0.2) is 63.6 Å². The Morgan fingerprint density at radius 3 is 2.76 bits per heavy atom. The van der Waals surface area contributed by atoms with E-state index >= 15 is 0 Å². The second-order valence-corrected chi connectivity index (χ2v) is 10.1. The summed E-state index contributed by atoms with van der Waals surface area (Å²) in [6.07, 6.45) is 3.60. The van der Waals surface area contributed by atoms with Gasteiger partial charge in [0.2, 0.25) is 5.88 Å². The van der Waals surface area contributed by atoms with E-state index in [2.05, 4.69) is 26.2 Å². The lowest BCUT2D eigenvalue weighted by atomic mass is 10.2. The molecular weight excluding hydrogens is 392 g/mol. The summed E-state index contributed by atoms with van der Waals surface area (Å²) in [4.78, 5) is 15.6. The lowest BCUT2D eigenvalue weighted by Gasteiger charge is -2.34. The highest BCUT2D eigenvalue weighted by molar-refractivity contribution is 7.93. The van der Waals surface area contributed by atoms with Crippen LogP contribution in [0, 0.1) is 0 Å². The van der Waals surface area contributed by atoms with Crippen LogP contribution in [0.2, 0.25) is 0 Å². The van der Waals surface area contributed by atoms with Crippen molar-refractivity contribution in [1.82, 2.24) is 15.0 Å². The standard InChI is InChI=1S/C19H26N6O3S/c1-12-11-28-7-6-25(12)17-10-16(24-29(3,26)14-4-5-14)22-19(23-17)13-8-15(20)21-18(9-13)27-2/h8-10,12,14H,4-7,11H2,1-3H3,(H2,20,21)/t12-,29?/m1/s1. The van der Waals surface area contributed by atoms with Crippen molar-refractivity contribution in [3.63, 3.8) is 0 Å². The van der Waals surface area contributed by atoms with Crippen molar-refractivity contribution in [2.45, 2.75) is 31.1 Å². The van der Waals surface area contributed by atoms with Crippen LogP contribution in [0.3, 0.4) is 0 Å². The van der Waals surface area contributed by atoms with Crippen molar-refractivity contribution in [1.29, 1.82) is 0 Å². The van der Waals surface area contributed by atoms with Crippen molar-refractivity contribution in [2.75, 3.05) is 43.8 Å². The molecular formula is C19H26N6O3S. The summed E-state index contributed by atoms with van der Waals surface area (Å²) in [5.41, 5.74) is 6.59. The van der Waals surface area contributed by atoms with Gasteiger partial charge < -0.3 is 20.1 Å². The molecule has 4 rings (SSSR count). The molecule has 9 nitrogen and oxygen atoms in total. The molecule has 2 N–H and O–H groups in total. The van der Waals surface area contributed by atoms with Crippen molar-refractivity contribution < 1.29 is 13.7 Å². The molecule has 29 heavy (non-hydrogen) atoms. The zero-order valence-corrected chi connectivity index (χ0v) is 17.7. The minimum absolute atomic E-state index is 0.142. The molecule has 3 heterocycles. The maximum atomic E-state index is 13.0. The SMILES string of the molecule is COc1cc(-c2nc(N=S(C)(=O)C3CC3)cc(N3CCOC[C@H]3C)n2)cc(N)n1. The normalized spacial score (nSPS) is 21.5. The monoisotopic (exact) mass is 418 g/mol. The van der Waals surface area contributed by atoms with Gasteiger partial charge in [-0.15, -0.1) is 0 Å². The van der Waals surface area contributed by atoms with Gasteiger partial charge in [-0.25, -0.2) is 14.2 Å². The Hall–Kier alpha value is -2.46. The fourth-order valence-electron chi connectivity index (χ4n) is 3.34. The molecule has 0 spiro atoms. The summed E-state index contributed by atoms with van der Waals surface area (Å²) < 4.78 is 28.3. The molecule has 1 unspecified atom stereocenters. The number of aromatic nitrogens is 3. The number of rotatable bonds is 5. The fourth-order valence-corrected chi connectivity index (χ4v) is 4.96. The number of pyridine rings is 1. The lowest BCUT2D eigenvalue weighted by Crippen LogP contribution is -2.44. The Bertz CT molecular complexity index is 1030. The number of ether oxygens (including phenoxy) is 2. The number of nitrogens with two attached hydrogens (primary N) is 1. The van der Waals surface area contributed by atoms with Crippen molar-refractivity contribution >= 4 is 27.2 Å². The summed E-state index contributed by atoms with van der Waals surface area (Å²) >= 11 is 0. The molecule has 0 bridgehead atoms. The van der Waals surface area contributed by atoms with Gasteiger partial charge in [0, 0.05) is 35.7 Å². The number of nitrogen functional groups attached to an aromatic ring is 1. The zero-order chi connectivity index (χ0) is 20.6. The fraction of sp³-hybridized carbons (Fsp3) is 0.526. The number of methoxy groups -OCH3 is 1. The molecule has 0 radical (unpaired) electrons. The Morgan fingerprint density at radius 2 is 2.07 bits per heavy atom. The van der Waals surface area contributed by atoms with Crippen molar-refractivity contribution in [2.24, 2.45) is 4.36 Å². The van der Waals surface area contributed by atoms with Crippen LogP contribution in [-0.2, 0) is 14.5 Å². The molecule has 1 aliphatic carbocycles. The average Bonchev–Trinajstić information content (AvgIpc) is 3.53. The molecule has 156 valence electrons. The molecule has 2 atom stereocenters. The van der Waals surface area contributed by atoms with E-state index in [0.29, 0.717) is 48.7 Å². The Balaban J connectivity index is 1.84. The first-order chi connectivity index (χ1) is 13.9. The first-order valence-corrected chi connectivity index (χ1v) is 11.6. The number of nitrogens with zero attached hydrogens (tertiary/aromatic N) is 5. The maximum absolute atomic E-state index is 13.0. The predicted octanol–water partition coefficient (Wildman–Crippen LogP) is 2.25. The third kappa shape index (κ3) is 4.43. The zero-order valence-electron chi connectivity index (χ0n) is 16.9. The maximum Gasteiger partial charge on any atom is 0.215 e. The minimum Gasteiger partial charge on any atom is -0.481 e. The molecule has 1 saturated heterocycles. The minimum atomic E-state index is -2.34. The van der Waals surface area contributed by atoms with Crippen LogP contribution in [0.4, 0.5) is 17.5 Å². The smallest absolute Gasteiger partial charge is 0.215 e. The molecule has 2 aromatic heterocycles. The van der Waals surface area contributed by atoms with Gasteiger partial charge in [0.1, 0.15) is 11.6 Å². The Kier molecular flexibility index (Phi) is 5.30. The molecule has 2 fully saturated rings. The van der Waals surface area contributed by atoms with Crippen LogP contribution in [0.1, 0.15) is 19.8 Å². The van der Waals surface area contributed by atoms with Gasteiger partial charge >= 0.3 is 0 Å². The van der Waals surface area contributed by atoms with Gasteiger partial charge in [0.15, 0.2) is 11.6 Å². The molecule has 0 aromatic carbocycles. The Labute approximate surface area is 170 Å². The van der Waals surface area contributed by atoms with Gasteiger partial charge in [0.25, 0.3) is 0 Å². The van der Waals surface area contributed by atoms with Crippen LogP contribution < -0.4 is 15.4 Å². The molecule has 1 saturated carbocycles. The van der Waals surface area contributed by atoms with Crippen LogP contribution in [0.15, 0.2) is 22.6 Å². The van der Waals surface area contributed by atoms with E-state index in [9.17, 15) is 4.21 Å². The summed E-state index contributed by atoms with van der Waals surface area (Å²) in [5.74, 6) is 2.27. The van der Waals surface area contributed by atoms with E-state index < -0.39 is 9.73 Å². The number of hydrogen-bond donors (Lipinski definition) is 1. The molecule has 2 aromatic rings. The molecule has 2 aliphatic rings. The third-order valence-corrected chi connectivity index (χ3v) is 7.33. The van der Waals surface area contributed by atoms with E-state index in [-0.39, 0.29) is 11.3 Å². The van der Waals surface area contributed by atoms with Gasteiger partial charge in [-0.3, -0.25) is 0 Å². The molecule has 0 amide bonds. The van der Waals surface area contributed by atoms with E-state index in [1.807, 2.05) is 0 Å². The van der Waals surface area contributed by atoms with Crippen LogP contribution in [0.5, 0.6) is 5.88 Å². The van der Waals surface area contributed by atoms with Gasteiger partial charge in [-0.1, -0.05) is 0 Å². The topological polar surface area (TPSA) is 116 Å². The number of hydrogen-bond acceptors (Lipinski definition) is 9. The highest BCUT2D eigenvalue weighted by Crippen LogP contribution is 2.33. The second kappa shape index (κ2) is 7.75. The van der Waals surface area contributed by atoms with Crippen molar-refractivity contribution in [3.05, 3.63) is 18.2 Å². The first kappa shape index (κ1) is 19.8. The third-order valence-electron chi connectivity index (χ3n) is 5.07. The van der Waals surface area contributed by atoms with E-state index in [1.54, 1.807) is 24.5 Å². The van der Waals surface area contributed by atoms with Crippen LogP contribution in [0.25, 0.3) is 11.4 Å². The predicted molar refractivity (Wildman–Crippen MR) is 113 cm³/mol. The summed E-state index contributed by atoms with van der Waals surface area (Å²) in [7, 11) is -0.813. The number of morpholine rings is 1. The Morgan fingerprint density at radius 1 is 1.28 bits per heavy atom. The summed E-state index contributed by atoms with van der Waals surface area (Å²) in [5, 5.41) is 0.142. The highest BCUT2D eigenvalue weighted by Gasteiger charge is 2.31. The first-order valence-electron chi connectivity index (χ1n) is 9.62. The van der Waals surface area contributed by atoms with Gasteiger partial charge in [0.05, 0.1) is 36.1 Å². The van der Waals surface area contributed by atoms with E-state index in [0.717, 1.165) is 18.7 Å². The average molecular weight is 419 g/mol. The summed E-state index contributed by atoms with van der Waals surface area (Å²) in [6, 6.07) is 5.38. The van der Waals surface area contributed by atoms with Crippen LogP contribution >= 0.6 is 0 Å². The van der Waals surface area contributed by atoms with E-state index in [4.69, 9.17) is 20.2 Å².